The number of rotatable bonds is 4. The molecule has 17 heavy (non-hydrogen) atoms. The lowest BCUT2D eigenvalue weighted by atomic mass is 10.1. The number of hydrogen-bond acceptors (Lipinski definition) is 2. The van der Waals surface area contributed by atoms with E-state index >= 15 is 0 Å². The van der Waals surface area contributed by atoms with E-state index in [1.165, 1.54) is 4.88 Å². The zero-order valence-electron chi connectivity index (χ0n) is 10.7. The van der Waals surface area contributed by atoms with Crippen molar-refractivity contribution in [1.82, 2.24) is 5.32 Å². The summed E-state index contributed by atoms with van der Waals surface area (Å²) in [5.74, 6) is 1.38. The smallest absolute Gasteiger partial charge is 0.107 e. The molecule has 2 atom stereocenters. The Morgan fingerprint density at radius 2 is 2.18 bits per heavy atom. The van der Waals surface area contributed by atoms with E-state index in [2.05, 4.69) is 55.0 Å². The van der Waals surface area contributed by atoms with Crippen LogP contribution in [0.15, 0.2) is 10.5 Å². The van der Waals surface area contributed by atoms with Crippen LogP contribution in [0, 0.1) is 11.3 Å². The van der Waals surface area contributed by atoms with Crippen LogP contribution in [0.25, 0.3) is 0 Å². The Morgan fingerprint density at radius 1 is 1.53 bits per heavy atom. The number of thiophene rings is 1. The molecule has 1 aromatic rings. The zero-order valence-corrected chi connectivity index (χ0v) is 13.8. The first-order valence-corrected chi connectivity index (χ1v) is 8.01. The highest BCUT2D eigenvalue weighted by molar-refractivity contribution is 9.10. The summed E-state index contributed by atoms with van der Waals surface area (Å²) in [6.07, 6.45) is 0. The molecule has 1 aliphatic rings. The quantitative estimate of drug-likeness (QED) is 0.824. The van der Waals surface area contributed by atoms with Gasteiger partial charge in [0.1, 0.15) is 4.34 Å². The van der Waals surface area contributed by atoms with Crippen LogP contribution in [-0.4, -0.2) is 12.6 Å². The minimum atomic E-state index is 0.398. The second kappa shape index (κ2) is 4.84. The van der Waals surface area contributed by atoms with Crippen LogP contribution < -0.4 is 5.32 Å². The topological polar surface area (TPSA) is 12.0 Å². The summed E-state index contributed by atoms with van der Waals surface area (Å²) < 4.78 is 1.91. The summed E-state index contributed by atoms with van der Waals surface area (Å²) in [6.45, 7) is 10.2. The third kappa shape index (κ3) is 2.73. The van der Waals surface area contributed by atoms with Gasteiger partial charge in [-0.05, 0) is 39.9 Å². The van der Waals surface area contributed by atoms with Gasteiger partial charge in [0.05, 0.1) is 0 Å². The molecule has 0 saturated heterocycles. The van der Waals surface area contributed by atoms with E-state index < -0.39 is 0 Å². The zero-order chi connectivity index (χ0) is 12.8. The van der Waals surface area contributed by atoms with Crippen LogP contribution in [0.3, 0.4) is 0 Å². The lowest BCUT2D eigenvalue weighted by Gasteiger charge is -2.08. The largest absolute Gasteiger partial charge is 0.314 e. The molecule has 96 valence electrons. The molecule has 0 bridgehead atoms. The van der Waals surface area contributed by atoms with Crippen LogP contribution in [0.2, 0.25) is 4.34 Å². The molecule has 0 aliphatic heterocycles. The molecule has 0 amide bonds. The molecule has 1 N–H and O–H groups in total. The van der Waals surface area contributed by atoms with Gasteiger partial charge in [0.15, 0.2) is 0 Å². The molecular weight excluding hydrogens is 318 g/mol. The summed E-state index contributed by atoms with van der Waals surface area (Å²) in [5, 5.41) is 3.54. The maximum Gasteiger partial charge on any atom is 0.107 e. The van der Waals surface area contributed by atoms with Gasteiger partial charge in [-0.2, -0.15) is 0 Å². The van der Waals surface area contributed by atoms with E-state index in [0.29, 0.717) is 17.4 Å². The van der Waals surface area contributed by atoms with E-state index in [4.69, 9.17) is 11.6 Å². The second-order valence-corrected chi connectivity index (χ2v) is 8.28. The van der Waals surface area contributed by atoms with Crippen molar-refractivity contribution in [3.63, 3.8) is 0 Å². The highest BCUT2D eigenvalue weighted by atomic mass is 79.9. The highest BCUT2D eigenvalue weighted by Gasteiger charge is 2.58. The van der Waals surface area contributed by atoms with E-state index in [9.17, 15) is 0 Å². The Morgan fingerprint density at radius 3 is 2.65 bits per heavy atom. The van der Waals surface area contributed by atoms with Crippen LogP contribution in [-0.2, 0) is 0 Å². The van der Waals surface area contributed by atoms with Gasteiger partial charge >= 0.3 is 0 Å². The Bertz CT molecular complexity index is 394. The predicted octanol–water partition coefficient (Wildman–Crippen LogP) is 4.90. The van der Waals surface area contributed by atoms with Gasteiger partial charge < -0.3 is 5.32 Å². The van der Waals surface area contributed by atoms with Crippen molar-refractivity contribution in [2.75, 3.05) is 6.54 Å². The van der Waals surface area contributed by atoms with E-state index in [1.807, 2.05) is 0 Å². The first kappa shape index (κ1) is 13.9. The van der Waals surface area contributed by atoms with E-state index in [-0.39, 0.29) is 0 Å². The molecule has 1 heterocycles. The predicted molar refractivity (Wildman–Crippen MR) is 80.2 cm³/mol. The SMILES string of the molecule is CC(C)NCC1C(c2cc(Br)c(Cl)s2)C1(C)C. The fourth-order valence-corrected chi connectivity index (χ4v) is 4.67. The number of halogens is 2. The van der Waals surface area contributed by atoms with Crippen LogP contribution in [0.5, 0.6) is 0 Å². The van der Waals surface area contributed by atoms with Crippen molar-refractivity contribution in [1.29, 1.82) is 0 Å². The van der Waals surface area contributed by atoms with Crippen molar-refractivity contribution in [2.45, 2.75) is 39.7 Å². The first-order valence-electron chi connectivity index (χ1n) is 6.02. The van der Waals surface area contributed by atoms with Crippen molar-refractivity contribution in [3.8, 4) is 0 Å². The minimum absolute atomic E-state index is 0.398. The van der Waals surface area contributed by atoms with Gasteiger partial charge in [0, 0.05) is 21.3 Å². The summed E-state index contributed by atoms with van der Waals surface area (Å²) in [4.78, 5) is 1.42. The molecule has 1 nitrogen and oxygen atoms in total. The minimum Gasteiger partial charge on any atom is -0.314 e. The Kier molecular flexibility index (Phi) is 3.94. The molecule has 0 aromatic carbocycles. The normalized spacial score (nSPS) is 26.5. The average Bonchev–Trinajstić information content (AvgIpc) is 2.59. The average molecular weight is 337 g/mol. The van der Waals surface area contributed by atoms with Gasteiger partial charge in [-0.15, -0.1) is 11.3 Å². The molecular formula is C13H19BrClNS. The maximum atomic E-state index is 6.13. The fourth-order valence-electron chi connectivity index (χ4n) is 2.57. The lowest BCUT2D eigenvalue weighted by Crippen LogP contribution is -2.26. The third-order valence-corrected chi connectivity index (χ3v) is 6.33. The van der Waals surface area contributed by atoms with E-state index in [0.717, 1.165) is 21.3 Å². The van der Waals surface area contributed by atoms with Gasteiger partial charge in [0.2, 0.25) is 0 Å². The third-order valence-electron chi connectivity index (χ3n) is 3.77. The van der Waals surface area contributed by atoms with Crippen LogP contribution >= 0.6 is 38.9 Å². The molecule has 1 saturated carbocycles. The summed E-state index contributed by atoms with van der Waals surface area (Å²) >= 11 is 11.3. The molecule has 0 spiro atoms. The Balaban J connectivity index is 2.07. The Hall–Kier alpha value is 0.430. The lowest BCUT2D eigenvalue weighted by molar-refractivity contribution is 0.491. The van der Waals surface area contributed by atoms with Crippen molar-refractivity contribution >= 4 is 38.9 Å². The first-order chi connectivity index (χ1) is 7.84. The molecule has 0 radical (unpaired) electrons. The molecule has 2 rings (SSSR count). The molecule has 1 fully saturated rings. The number of nitrogens with one attached hydrogen (secondary N) is 1. The van der Waals surface area contributed by atoms with Gasteiger partial charge in [-0.1, -0.05) is 39.3 Å². The summed E-state index contributed by atoms with van der Waals surface area (Å²) in [5.41, 5.74) is 0.398. The fraction of sp³-hybridized carbons (Fsp3) is 0.692. The highest BCUT2D eigenvalue weighted by Crippen LogP contribution is 2.65. The monoisotopic (exact) mass is 335 g/mol. The van der Waals surface area contributed by atoms with Crippen molar-refractivity contribution < 1.29 is 0 Å². The molecule has 1 aromatic heterocycles. The number of hydrogen-bond donors (Lipinski definition) is 1. The molecule has 2 unspecified atom stereocenters. The van der Waals surface area contributed by atoms with E-state index in [1.54, 1.807) is 11.3 Å². The van der Waals surface area contributed by atoms with Crippen LogP contribution in [0.4, 0.5) is 0 Å². The van der Waals surface area contributed by atoms with Gasteiger partial charge in [-0.3, -0.25) is 0 Å². The van der Waals surface area contributed by atoms with Gasteiger partial charge in [0.25, 0.3) is 0 Å². The summed E-state index contributed by atoms with van der Waals surface area (Å²) in [7, 11) is 0. The van der Waals surface area contributed by atoms with Crippen molar-refractivity contribution in [2.24, 2.45) is 11.3 Å². The second-order valence-electron chi connectivity index (χ2n) is 5.74. The summed E-state index contributed by atoms with van der Waals surface area (Å²) in [6, 6.07) is 2.75. The van der Waals surface area contributed by atoms with Gasteiger partial charge in [-0.25, -0.2) is 0 Å². The Labute approximate surface area is 121 Å². The van der Waals surface area contributed by atoms with Crippen LogP contribution in [0.1, 0.15) is 38.5 Å². The standard InChI is InChI=1S/C13H19BrClNS/c1-7(2)16-6-8-11(13(8,3)4)10-5-9(14)12(15)17-10/h5,7-8,11,16H,6H2,1-4H3. The molecule has 1 aliphatic carbocycles. The van der Waals surface area contributed by atoms with Crippen molar-refractivity contribution in [3.05, 3.63) is 19.8 Å². The maximum absolute atomic E-state index is 6.13. The molecule has 4 heteroatoms.